The molecule has 2 heterocycles. The van der Waals surface area contributed by atoms with Crippen molar-refractivity contribution in [3.8, 4) is 0 Å². The van der Waals surface area contributed by atoms with Crippen molar-refractivity contribution in [1.82, 2.24) is 14.3 Å². The maximum Gasteiger partial charge on any atom is 0.323 e. The molecule has 1 aromatic carbocycles. The van der Waals surface area contributed by atoms with Gasteiger partial charge in [-0.15, -0.1) is 0 Å². The van der Waals surface area contributed by atoms with E-state index in [1.807, 2.05) is 29.1 Å². The third kappa shape index (κ3) is 3.20. The van der Waals surface area contributed by atoms with Gasteiger partial charge in [0, 0.05) is 29.0 Å². The molecule has 1 fully saturated rings. The van der Waals surface area contributed by atoms with E-state index in [2.05, 4.69) is 10.4 Å². The highest BCUT2D eigenvalue weighted by Crippen LogP contribution is 2.28. The fourth-order valence-corrected chi connectivity index (χ4v) is 3.59. The molecule has 2 aromatic heterocycles. The Bertz CT molecular complexity index is 966. The first kappa shape index (κ1) is 16.4. The van der Waals surface area contributed by atoms with Gasteiger partial charge in [-0.25, -0.2) is 0 Å². The van der Waals surface area contributed by atoms with Crippen molar-refractivity contribution < 1.29 is 14.7 Å². The molecule has 7 heteroatoms. The number of benzene rings is 1. The van der Waals surface area contributed by atoms with Crippen LogP contribution in [0, 0.1) is 0 Å². The maximum atomic E-state index is 12.5. The molecule has 0 unspecified atom stereocenters. The van der Waals surface area contributed by atoms with Crippen LogP contribution in [0.1, 0.15) is 42.2 Å². The Hall–Kier alpha value is -3.09. The summed E-state index contributed by atoms with van der Waals surface area (Å²) in [5, 5.41) is 17.1. The van der Waals surface area contributed by atoms with E-state index in [9.17, 15) is 9.59 Å². The molecule has 0 saturated heterocycles. The highest BCUT2D eigenvalue weighted by molar-refractivity contribution is 6.03. The number of rotatable bonds is 5. The van der Waals surface area contributed by atoms with Gasteiger partial charge in [-0.2, -0.15) is 5.10 Å². The van der Waals surface area contributed by atoms with Gasteiger partial charge in [-0.3, -0.25) is 14.3 Å². The average Bonchev–Trinajstić information content (AvgIpc) is 3.35. The van der Waals surface area contributed by atoms with Crippen molar-refractivity contribution in [2.24, 2.45) is 0 Å². The van der Waals surface area contributed by atoms with Crippen molar-refractivity contribution in [2.45, 2.75) is 38.3 Å². The molecule has 1 saturated carbocycles. The number of aromatic nitrogens is 3. The number of anilines is 1. The molecule has 4 rings (SSSR count). The smallest absolute Gasteiger partial charge is 0.323 e. The SMILES string of the molecule is O=C(O)Cn1ccc2cc(NC(=O)c3ccn(C4CCCC4)n3)ccc21. The highest BCUT2D eigenvalue weighted by Gasteiger charge is 2.19. The Morgan fingerprint density at radius 1 is 1.15 bits per heavy atom. The molecule has 7 nitrogen and oxygen atoms in total. The van der Waals surface area contributed by atoms with Crippen molar-refractivity contribution >= 4 is 28.5 Å². The largest absolute Gasteiger partial charge is 0.480 e. The summed E-state index contributed by atoms with van der Waals surface area (Å²) in [7, 11) is 0. The minimum atomic E-state index is -0.891. The lowest BCUT2D eigenvalue weighted by Crippen LogP contribution is -2.14. The normalized spacial score (nSPS) is 14.8. The van der Waals surface area contributed by atoms with Gasteiger partial charge in [-0.05, 0) is 43.2 Å². The molecule has 134 valence electrons. The van der Waals surface area contributed by atoms with Crippen LogP contribution >= 0.6 is 0 Å². The fraction of sp³-hybridized carbons (Fsp3) is 0.316. The van der Waals surface area contributed by atoms with Crippen LogP contribution in [0.3, 0.4) is 0 Å². The van der Waals surface area contributed by atoms with Crippen LogP contribution in [0.2, 0.25) is 0 Å². The summed E-state index contributed by atoms with van der Waals surface area (Å²) in [6, 6.07) is 9.40. The average molecular weight is 352 g/mol. The number of carbonyl (C=O) groups is 2. The zero-order valence-corrected chi connectivity index (χ0v) is 14.3. The number of nitrogens with zero attached hydrogens (tertiary/aromatic N) is 3. The minimum absolute atomic E-state index is 0.0895. The molecule has 1 aliphatic carbocycles. The van der Waals surface area contributed by atoms with Gasteiger partial charge >= 0.3 is 5.97 Å². The third-order valence-electron chi connectivity index (χ3n) is 4.87. The molecule has 1 amide bonds. The lowest BCUT2D eigenvalue weighted by Gasteiger charge is -2.09. The Morgan fingerprint density at radius 2 is 1.96 bits per heavy atom. The van der Waals surface area contributed by atoms with E-state index >= 15 is 0 Å². The molecule has 1 aliphatic rings. The second-order valence-electron chi connectivity index (χ2n) is 6.68. The third-order valence-corrected chi connectivity index (χ3v) is 4.87. The van der Waals surface area contributed by atoms with Gasteiger partial charge in [0.25, 0.3) is 5.91 Å². The monoisotopic (exact) mass is 352 g/mol. The van der Waals surface area contributed by atoms with Gasteiger partial charge in [0.15, 0.2) is 5.69 Å². The summed E-state index contributed by atoms with van der Waals surface area (Å²) in [5.74, 6) is -1.14. The summed E-state index contributed by atoms with van der Waals surface area (Å²) in [5.41, 5.74) is 1.88. The van der Waals surface area contributed by atoms with Crippen molar-refractivity contribution in [3.05, 3.63) is 48.4 Å². The summed E-state index contributed by atoms with van der Waals surface area (Å²) >= 11 is 0. The molecular formula is C19H20N4O3. The predicted octanol–water partition coefficient (Wildman–Crippen LogP) is 3.29. The van der Waals surface area contributed by atoms with E-state index in [4.69, 9.17) is 5.11 Å². The minimum Gasteiger partial charge on any atom is -0.480 e. The van der Waals surface area contributed by atoms with E-state index in [0.717, 1.165) is 23.7 Å². The molecule has 3 aromatic rings. The number of fused-ring (bicyclic) bond motifs is 1. The van der Waals surface area contributed by atoms with E-state index in [0.29, 0.717) is 17.4 Å². The first-order valence-corrected chi connectivity index (χ1v) is 8.77. The van der Waals surface area contributed by atoms with E-state index in [1.165, 1.54) is 12.8 Å². The maximum absolute atomic E-state index is 12.5. The van der Waals surface area contributed by atoms with Crippen LogP contribution in [-0.4, -0.2) is 31.3 Å². The first-order chi connectivity index (χ1) is 12.6. The van der Waals surface area contributed by atoms with E-state index in [1.54, 1.807) is 22.9 Å². The Labute approximate surface area is 150 Å². The Morgan fingerprint density at radius 3 is 2.73 bits per heavy atom. The molecule has 26 heavy (non-hydrogen) atoms. The second-order valence-corrected chi connectivity index (χ2v) is 6.68. The number of amides is 1. The van der Waals surface area contributed by atoms with Crippen LogP contribution in [-0.2, 0) is 11.3 Å². The van der Waals surface area contributed by atoms with Gasteiger partial charge in [0.2, 0.25) is 0 Å². The van der Waals surface area contributed by atoms with E-state index in [-0.39, 0.29) is 12.5 Å². The predicted molar refractivity (Wildman–Crippen MR) is 97.3 cm³/mol. The van der Waals surface area contributed by atoms with Gasteiger partial charge in [-0.1, -0.05) is 12.8 Å². The number of hydrogen-bond donors (Lipinski definition) is 2. The fourth-order valence-electron chi connectivity index (χ4n) is 3.59. The van der Waals surface area contributed by atoms with Gasteiger partial charge in [0.1, 0.15) is 6.54 Å². The van der Waals surface area contributed by atoms with Crippen LogP contribution in [0.4, 0.5) is 5.69 Å². The number of hydrogen-bond acceptors (Lipinski definition) is 3. The second kappa shape index (κ2) is 6.67. The highest BCUT2D eigenvalue weighted by atomic mass is 16.4. The number of nitrogens with one attached hydrogen (secondary N) is 1. The first-order valence-electron chi connectivity index (χ1n) is 8.77. The zero-order valence-electron chi connectivity index (χ0n) is 14.3. The molecule has 0 aliphatic heterocycles. The summed E-state index contributed by atoms with van der Waals surface area (Å²) in [4.78, 5) is 23.3. The molecule has 0 radical (unpaired) electrons. The van der Waals surface area contributed by atoms with Crippen LogP contribution < -0.4 is 5.32 Å². The number of aliphatic carboxylic acids is 1. The Kier molecular flexibility index (Phi) is 4.20. The van der Waals surface area contributed by atoms with Crippen LogP contribution in [0.25, 0.3) is 10.9 Å². The summed E-state index contributed by atoms with van der Waals surface area (Å²) in [6.45, 7) is -0.0895. The summed E-state index contributed by atoms with van der Waals surface area (Å²) in [6.07, 6.45) is 8.27. The van der Waals surface area contributed by atoms with Crippen LogP contribution in [0.5, 0.6) is 0 Å². The lowest BCUT2D eigenvalue weighted by molar-refractivity contribution is -0.137. The quantitative estimate of drug-likeness (QED) is 0.737. The number of carboxylic acids is 1. The number of carboxylic acid groups (broad SMARTS) is 1. The van der Waals surface area contributed by atoms with Crippen molar-refractivity contribution in [2.75, 3.05) is 5.32 Å². The standard InChI is InChI=1S/C19H20N4O3/c24-18(25)12-22-9-7-13-11-14(5-6-17(13)22)20-19(26)16-8-10-23(21-16)15-3-1-2-4-15/h5-11,15H,1-4,12H2,(H,20,26)(H,24,25). The van der Waals surface area contributed by atoms with Crippen molar-refractivity contribution in [1.29, 1.82) is 0 Å². The van der Waals surface area contributed by atoms with Crippen LogP contribution in [0.15, 0.2) is 42.7 Å². The molecule has 0 atom stereocenters. The molecule has 0 bridgehead atoms. The molecule has 0 spiro atoms. The van der Waals surface area contributed by atoms with Gasteiger partial charge in [0.05, 0.1) is 6.04 Å². The lowest BCUT2D eigenvalue weighted by atomic mass is 10.2. The van der Waals surface area contributed by atoms with Crippen molar-refractivity contribution in [3.63, 3.8) is 0 Å². The molecule has 2 N–H and O–H groups in total. The van der Waals surface area contributed by atoms with Gasteiger partial charge < -0.3 is 15.0 Å². The van der Waals surface area contributed by atoms with E-state index < -0.39 is 5.97 Å². The summed E-state index contributed by atoms with van der Waals surface area (Å²) < 4.78 is 3.56. The topological polar surface area (TPSA) is 89.1 Å². The number of carbonyl (C=O) groups excluding carboxylic acids is 1. The Balaban J connectivity index is 1.49. The zero-order chi connectivity index (χ0) is 18.1. The molecular weight excluding hydrogens is 332 g/mol.